The Labute approximate surface area is 118 Å². The molecule has 0 saturated heterocycles. The second kappa shape index (κ2) is 7.35. The van der Waals surface area contributed by atoms with Gasteiger partial charge in [-0.25, -0.2) is 13.1 Å². The van der Waals surface area contributed by atoms with Gasteiger partial charge in [0.05, 0.1) is 13.2 Å². The lowest BCUT2D eigenvalue weighted by molar-refractivity contribution is 0.171. The fourth-order valence-electron chi connectivity index (χ4n) is 1.78. The van der Waals surface area contributed by atoms with E-state index in [9.17, 15) is 8.42 Å². The van der Waals surface area contributed by atoms with Crippen molar-refractivity contribution in [2.24, 2.45) is 0 Å². The lowest BCUT2D eigenvalue weighted by Gasteiger charge is -2.16. The zero-order valence-electron chi connectivity index (χ0n) is 11.5. The van der Waals surface area contributed by atoms with Gasteiger partial charge in [-0.2, -0.15) is 0 Å². The fourth-order valence-corrected chi connectivity index (χ4v) is 4.50. The van der Waals surface area contributed by atoms with E-state index in [0.29, 0.717) is 11.5 Å². The second-order valence-electron chi connectivity index (χ2n) is 4.39. The highest BCUT2D eigenvalue weighted by atomic mass is 32.2. The lowest BCUT2D eigenvalue weighted by atomic mass is 10.2. The maximum atomic E-state index is 12.2. The van der Waals surface area contributed by atoms with E-state index in [4.69, 9.17) is 9.84 Å². The minimum absolute atomic E-state index is 0.136. The zero-order valence-corrected chi connectivity index (χ0v) is 13.1. The lowest BCUT2D eigenvalue weighted by Crippen LogP contribution is -2.37. The van der Waals surface area contributed by atoms with Gasteiger partial charge in [0.1, 0.15) is 4.21 Å². The molecule has 0 spiro atoms. The first-order valence-electron chi connectivity index (χ1n) is 6.16. The normalized spacial score (nSPS) is 13.7. The first-order valence-corrected chi connectivity index (χ1v) is 8.46. The summed E-state index contributed by atoms with van der Waals surface area (Å²) in [7, 11) is -1.99. The van der Waals surface area contributed by atoms with Crippen molar-refractivity contribution in [3.05, 3.63) is 16.5 Å². The van der Waals surface area contributed by atoms with E-state index in [1.165, 1.54) is 0 Å². The second-order valence-corrected chi connectivity index (χ2v) is 7.47. The number of thiophene rings is 1. The summed E-state index contributed by atoms with van der Waals surface area (Å²) in [6.45, 7) is 4.00. The first-order chi connectivity index (χ1) is 8.94. The maximum absolute atomic E-state index is 12.2. The molecule has 2 N–H and O–H groups in total. The Kier molecular flexibility index (Phi) is 6.41. The molecule has 0 saturated carbocycles. The van der Waals surface area contributed by atoms with Crippen molar-refractivity contribution >= 4 is 21.4 Å². The molecule has 7 heteroatoms. The molecule has 1 aromatic rings. The van der Waals surface area contributed by atoms with Gasteiger partial charge < -0.3 is 9.84 Å². The molecule has 0 aliphatic rings. The van der Waals surface area contributed by atoms with Crippen LogP contribution in [0.4, 0.5) is 0 Å². The highest BCUT2D eigenvalue weighted by Crippen LogP contribution is 2.26. The van der Waals surface area contributed by atoms with Gasteiger partial charge in [0.2, 0.25) is 10.0 Å². The number of aliphatic hydroxyl groups excluding tert-OH is 1. The highest BCUT2D eigenvalue weighted by Gasteiger charge is 2.22. The monoisotopic (exact) mass is 307 g/mol. The molecule has 1 heterocycles. The molecule has 1 unspecified atom stereocenters. The highest BCUT2D eigenvalue weighted by molar-refractivity contribution is 7.91. The summed E-state index contributed by atoms with van der Waals surface area (Å²) in [5.41, 5.74) is 0.798. The minimum atomic E-state index is -3.54. The molecule has 0 aliphatic carbocycles. The number of nitrogens with one attached hydrogen (secondary N) is 1. The predicted molar refractivity (Wildman–Crippen MR) is 75.9 cm³/mol. The molecule has 0 radical (unpaired) electrons. The molecule has 19 heavy (non-hydrogen) atoms. The Morgan fingerprint density at radius 1 is 1.53 bits per heavy atom. The molecule has 0 bridgehead atoms. The van der Waals surface area contributed by atoms with Gasteiger partial charge in [-0.05, 0) is 25.0 Å². The number of sulfonamides is 1. The van der Waals surface area contributed by atoms with Crippen molar-refractivity contribution in [2.75, 3.05) is 13.7 Å². The number of rotatable bonds is 8. The number of aliphatic hydroxyl groups is 1. The molecule has 5 nitrogen and oxygen atoms in total. The third kappa shape index (κ3) is 4.54. The SMILES string of the molecule is CCCC(COC)NS(=O)(=O)c1cc(C)c(CO)s1. The number of hydrogen-bond acceptors (Lipinski definition) is 5. The molecule has 0 aromatic carbocycles. The van der Waals surface area contributed by atoms with Crippen molar-refractivity contribution < 1.29 is 18.3 Å². The van der Waals surface area contributed by atoms with Gasteiger partial charge in [-0.15, -0.1) is 11.3 Å². The summed E-state index contributed by atoms with van der Waals surface area (Å²) in [6.07, 6.45) is 1.60. The summed E-state index contributed by atoms with van der Waals surface area (Å²) in [5.74, 6) is 0. The van der Waals surface area contributed by atoms with E-state index in [-0.39, 0.29) is 16.9 Å². The van der Waals surface area contributed by atoms with E-state index in [1.807, 2.05) is 6.92 Å². The van der Waals surface area contributed by atoms with E-state index in [0.717, 1.165) is 29.7 Å². The van der Waals surface area contributed by atoms with Gasteiger partial charge in [-0.3, -0.25) is 0 Å². The molecule has 110 valence electrons. The van der Waals surface area contributed by atoms with Gasteiger partial charge >= 0.3 is 0 Å². The Bertz CT molecular complexity index is 490. The van der Waals surface area contributed by atoms with E-state index >= 15 is 0 Å². The number of aryl methyl sites for hydroxylation is 1. The summed E-state index contributed by atoms with van der Waals surface area (Å²) in [6, 6.07) is 1.37. The Morgan fingerprint density at radius 2 is 2.21 bits per heavy atom. The van der Waals surface area contributed by atoms with Crippen molar-refractivity contribution in [3.63, 3.8) is 0 Å². The Hall–Kier alpha value is -0.470. The maximum Gasteiger partial charge on any atom is 0.250 e. The quantitative estimate of drug-likeness (QED) is 0.765. The summed E-state index contributed by atoms with van der Waals surface area (Å²) < 4.78 is 32.4. The van der Waals surface area contributed by atoms with E-state index < -0.39 is 10.0 Å². The summed E-state index contributed by atoms with van der Waals surface area (Å²) >= 11 is 1.10. The summed E-state index contributed by atoms with van der Waals surface area (Å²) in [5, 5.41) is 9.12. The van der Waals surface area contributed by atoms with Crippen LogP contribution in [-0.2, 0) is 21.4 Å². The Morgan fingerprint density at radius 3 is 2.68 bits per heavy atom. The van der Waals surface area contributed by atoms with Gasteiger partial charge in [0, 0.05) is 18.0 Å². The van der Waals surface area contributed by atoms with Crippen LogP contribution >= 0.6 is 11.3 Å². The fraction of sp³-hybridized carbons (Fsp3) is 0.667. The Balaban J connectivity index is 2.89. The van der Waals surface area contributed by atoms with Crippen LogP contribution in [0.2, 0.25) is 0 Å². The van der Waals surface area contributed by atoms with Crippen molar-refractivity contribution in [1.82, 2.24) is 4.72 Å². The van der Waals surface area contributed by atoms with Crippen molar-refractivity contribution in [2.45, 2.75) is 43.5 Å². The smallest absolute Gasteiger partial charge is 0.250 e. The molecule has 0 amide bonds. The van der Waals surface area contributed by atoms with Crippen LogP contribution in [0.15, 0.2) is 10.3 Å². The first kappa shape index (κ1) is 16.6. The molecular weight excluding hydrogens is 286 g/mol. The van der Waals surface area contributed by atoms with E-state index in [2.05, 4.69) is 4.72 Å². The van der Waals surface area contributed by atoms with Crippen LogP contribution in [0, 0.1) is 6.92 Å². The topological polar surface area (TPSA) is 75.6 Å². The average Bonchev–Trinajstić information content (AvgIpc) is 2.71. The van der Waals surface area contributed by atoms with Crippen LogP contribution in [0.3, 0.4) is 0 Å². The molecule has 1 aromatic heterocycles. The standard InChI is InChI=1S/C12H21NO4S2/c1-4-5-10(8-17-3)13-19(15,16)12-6-9(2)11(7-14)18-12/h6,10,13-14H,4-5,7-8H2,1-3H3. The molecule has 0 fully saturated rings. The van der Waals surface area contributed by atoms with Crippen molar-refractivity contribution in [3.8, 4) is 0 Å². The van der Waals surface area contributed by atoms with Gasteiger partial charge in [0.25, 0.3) is 0 Å². The summed E-state index contributed by atoms with van der Waals surface area (Å²) in [4.78, 5) is 0.680. The minimum Gasteiger partial charge on any atom is -0.391 e. The zero-order chi connectivity index (χ0) is 14.5. The van der Waals surface area contributed by atoms with Gasteiger partial charge in [-0.1, -0.05) is 13.3 Å². The largest absolute Gasteiger partial charge is 0.391 e. The van der Waals surface area contributed by atoms with Crippen LogP contribution in [-0.4, -0.2) is 33.3 Å². The third-order valence-electron chi connectivity index (χ3n) is 2.73. The van der Waals surface area contributed by atoms with Crippen molar-refractivity contribution in [1.29, 1.82) is 0 Å². The van der Waals surface area contributed by atoms with Crippen LogP contribution in [0.25, 0.3) is 0 Å². The number of ether oxygens (including phenoxy) is 1. The number of methoxy groups -OCH3 is 1. The molecule has 1 rings (SSSR count). The predicted octanol–water partition coefficient (Wildman–Crippen LogP) is 1.64. The molecule has 0 aliphatic heterocycles. The van der Waals surface area contributed by atoms with Crippen LogP contribution in [0.1, 0.15) is 30.2 Å². The van der Waals surface area contributed by atoms with Crippen LogP contribution in [0.5, 0.6) is 0 Å². The third-order valence-corrected chi connectivity index (χ3v) is 5.95. The van der Waals surface area contributed by atoms with Crippen LogP contribution < -0.4 is 4.72 Å². The average molecular weight is 307 g/mol. The van der Waals surface area contributed by atoms with E-state index in [1.54, 1.807) is 20.1 Å². The number of hydrogen-bond donors (Lipinski definition) is 2. The van der Waals surface area contributed by atoms with Gasteiger partial charge in [0.15, 0.2) is 0 Å². The molecular formula is C12H21NO4S2. The molecule has 1 atom stereocenters.